The number of carbonyl (C=O) groups excluding carboxylic acids is 1. The van der Waals surface area contributed by atoms with Gasteiger partial charge in [-0.25, -0.2) is 0 Å². The fraction of sp³-hybridized carbons (Fsp3) is 0.833. The maximum Gasteiger partial charge on any atom is 0.246 e. The molecule has 1 heterocycles. The summed E-state index contributed by atoms with van der Waals surface area (Å²) < 4.78 is 11.5. The molecule has 5 heteroatoms. The molecule has 0 aromatic heterocycles. The minimum absolute atomic E-state index is 0.109. The van der Waals surface area contributed by atoms with Crippen LogP contribution in [0.15, 0.2) is 12.2 Å². The number of carbonyl (C=O) groups is 1. The summed E-state index contributed by atoms with van der Waals surface area (Å²) >= 11 is 0. The number of hydrogen-bond donors (Lipinski definition) is 0. The quantitative estimate of drug-likeness (QED) is 0.401. The number of allylic oxidation sites excluding steroid dienone is 1. The van der Waals surface area contributed by atoms with Crippen LogP contribution < -0.4 is 0 Å². The monoisotopic (exact) mass is 341 g/mol. The summed E-state index contributed by atoms with van der Waals surface area (Å²) in [6, 6.07) is 0. The Kier molecular flexibility index (Phi) is 7.97. The van der Waals surface area contributed by atoms with Crippen LogP contribution in [-0.2, 0) is 14.0 Å². The molecule has 1 fully saturated rings. The first kappa shape index (κ1) is 20.4. The van der Waals surface area contributed by atoms with Gasteiger partial charge in [0.15, 0.2) is 8.32 Å². The number of hydrogen-bond acceptors (Lipinski definition) is 3. The van der Waals surface area contributed by atoms with Gasteiger partial charge in [0, 0.05) is 19.7 Å². The maximum atomic E-state index is 12.0. The molecule has 4 nitrogen and oxygen atoms in total. The lowest BCUT2D eigenvalue weighted by atomic mass is 10.1. The van der Waals surface area contributed by atoms with Gasteiger partial charge >= 0.3 is 0 Å². The Morgan fingerprint density at radius 2 is 1.91 bits per heavy atom. The van der Waals surface area contributed by atoms with Crippen LogP contribution in [-0.4, -0.2) is 52.0 Å². The predicted molar refractivity (Wildman–Crippen MR) is 98.1 cm³/mol. The molecule has 0 N–H and O–H groups in total. The van der Waals surface area contributed by atoms with E-state index in [1.807, 2.05) is 11.0 Å². The van der Waals surface area contributed by atoms with Crippen LogP contribution in [0.4, 0.5) is 0 Å². The van der Waals surface area contributed by atoms with Crippen molar-refractivity contribution in [1.29, 1.82) is 0 Å². The highest BCUT2D eigenvalue weighted by Crippen LogP contribution is 2.36. The minimum Gasteiger partial charge on any atom is -0.417 e. The summed E-state index contributed by atoms with van der Waals surface area (Å²) in [6.45, 7) is 17.1. The standard InChI is InChI=1S/C18H35NO3Si/c1-16(8-7-13-22-23(5,6)18(2,3)4)9-10-17(20)19-11-14-21-15-12-19/h9-10,16H,7-8,11-15H2,1-6H3/b10-9+. The molecule has 0 saturated carbocycles. The lowest BCUT2D eigenvalue weighted by Gasteiger charge is -2.36. The zero-order valence-electron chi connectivity index (χ0n) is 15.9. The van der Waals surface area contributed by atoms with Gasteiger partial charge in [-0.3, -0.25) is 4.79 Å². The molecule has 0 bridgehead atoms. The average molecular weight is 342 g/mol. The Hall–Kier alpha value is -0.653. The van der Waals surface area contributed by atoms with Crippen molar-refractivity contribution in [3.8, 4) is 0 Å². The van der Waals surface area contributed by atoms with Crippen molar-refractivity contribution >= 4 is 14.2 Å². The van der Waals surface area contributed by atoms with Crippen molar-refractivity contribution in [2.75, 3.05) is 32.9 Å². The number of nitrogens with zero attached hydrogens (tertiary/aromatic N) is 1. The van der Waals surface area contributed by atoms with Gasteiger partial charge in [0.25, 0.3) is 0 Å². The molecule has 23 heavy (non-hydrogen) atoms. The van der Waals surface area contributed by atoms with Gasteiger partial charge in [0.1, 0.15) is 0 Å². The largest absolute Gasteiger partial charge is 0.417 e. The van der Waals surface area contributed by atoms with Crippen molar-refractivity contribution in [3.05, 3.63) is 12.2 Å². The van der Waals surface area contributed by atoms with E-state index in [1.54, 1.807) is 6.08 Å². The predicted octanol–water partition coefficient (Wildman–Crippen LogP) is 3.84. The van der Waals surface area contributed by atoms with Gasteiger partial charge in [-0.05, 0) is 43.0 Å². The Bertz CT molecular complexity index is 396. The van der Waals surface area contributed by atoms with Gasteiger partial charge in [-0.15, -0.1) is 0 Å². The van der Waals surface area contributed by atoms with E-state index in [0.717, 1.165) is 19.4 Å². The molecule has 1 amide bonds. The zero-order valence-corrected chi connectivity index (χ0v) is 16.9. The number of rotatable bonds is 7. The van der Waals surface area contributed by atoms with E-state index in [2.05, 4.69) is 40.8 Å². The molecule has 134 valence electrons. The molecule has 0 spiro atoms. The van der Waals surface area contributed by atoms with Crippen molar-refractivity contribution in [2.24, 2.45) is 5.92 Å². The van der Waals surface area contributed by atoms with E-state index in [0.29, 0.717) is 32.2 Å². The molecule has 1 saturated heterocycles. The topological polar surface area (TPSA) is 38.8 Å². The smallest absolute Gasteiger partial charge is 0.246 e. The second-order valence-corrected chi connectivity index (χ2v) is 12.8. The molecule has 1 aliphatic heterocycles. The third-order valence-corrected chi connectivity index (χ3v) is 9.50. The van der Waals surface area contributed by atoms with Crippen LogP contribution >= 0.6 is 0 Å². The summed E-state index contributed by atoms with van der Waals surface area (Å²) in [6.07, 6.45) is 5.86. The Morgan fingerprint density at radius 1 is 1.30 bits per heavy atom. The highest BCUT2D eigenvalue weighted by Gasteiger charge is 2.36. The molecule has 1 atom stereocenters. The molecule has 1 unspecified atom stereocenters. The molecule has 0 aromatic carbocycles. The molecule has 1 rings (SSSR count). The normalized spacial score (nSPS) is 18.4. The van der Waals surface area contributed by atoms with E-state index in [1.165, 1.54) is 0 Å². The fourth-order valence-electron chi connectivity index (χ4n) is 2.18. The van der Waals surface area contributed by atoms with E-state index in [9.17, 15) is 4.79 Å². The number of amides is 1. The van der Waals surface area contributed by atoms with E-state index >= 15 is 0 Å². The molecular formula is C18H35NO3Si. The van der Waals surface area contributed by atoms with Crippen LogP contribution in [0.3, 0.4) is 0 Å². The van der Waals surface area contributed by atoms with Gasteiger partial charge in [0.05, 0.1) is 13.2 Å². The third kappa shape index (κ3) is 7.19. The van der Waals surface area contributed by atoms with Crippen LogP contribution in [0.25, 0.3) is 0 Å². The molecule has 0 aliphatic carbocycles. The summed E-state index contributed by atoms with van der Waals surface area (Å²) in [5, 5.41) is 0.267. The van der Waals surface area contributed by atoms with Crippen LogP contribution in [0.2, 0.25) is 18.1 Å². The first-order valence-corrected chi connectivity index (χ1v) is 11.7. The zero-order chi connectivity index (χ0) is 17.5. The van der Waals surface area contributed by atoms with Crippen molar-refractivity contribution in [3.63, 3.8) is 0 Å². The lowest BCUT2D eigenvalue weighted by Crippen LogP contribution is -2.41. The highest BCUT2D eigenvalue weighted by atomic mass is 28.4. The van der Waals surface area contributed by atoms with Gasteiger partial charge in [0.2, 0.25) is 5.91 Å². The highest BCUT2D eigenvalue weighted by molar-refractivity contribution is 6.74. The Morgan fingerprint density at radius 3 is 2.48 bits per heavy atom. The second kappa shape index (κ2) is 8.99. The van der Waals surface area contributed by atoms with Crippen molar-refractivity contribution in [2.45, 2.75) is 58.7 Å². The van der Waals surface area contributed by atoms with E-state index in [4.69, 9.17) is 9.16 Å². The maximum absolute atomic E-state index is 12.0. The SMILES string of the molecule is CC(/C=C/C(=O)N1CCOCC1)CCCO[Si](C)(C)C(C)(C)C. The first-order chi connectivity index (χ1) is 10.6. The van der Waals surface area contributed by atoms with Crippen LogP contribution in [0.5, 0.6) is 0 Å². The number of morpholine rings is 1. The van der Waals surface area contributed by atoms with Crippen molar-refractivity contribution in [1.82, 2.24) is 4.90 Å². The first-order valence-electron chi connectivity index (χ1n) is 8.82. The molecule has 0 radical (unpaired) electrons. The Balaban J connectivity index is 2.25. The molecular weight excluding hydrogens is 306 g/mol. The minimum atomic E-state index is -1.63. The van der Waals surface area contributed by atoms with E-state index in [-0.39, 0.29) is 10.9 Å². The Labute approximate surface area is 143 Å². The van der Waals surface area contributed by atoms with E-state index < -0.39 is 8.32 Å². The summed E-state index contributed by atoms with van der Waals surface area (Å²) in [5.74, 6) is 0.515. The van der Waals surface area contributed by atoms with Crippen LogP contribution in [0.1, 0.15) is 40.5 Å². The van der Waals surface area contributed by atoms with Crippen molar-refractivity contribution < 1.29 is 14.0 Å². The summed E-state index contributed by atoms with van der Waals surface area (Å²) in [7, 11) is -1.63. The number of ether oxygens (including phenoxy) is 1. The third-order valence-electron chi connectivity index (χ3n) is 4.96. The van der Waals surface area contributed by atoms with Gasteiger partial charge in [-0.2, -0.15) is 0 Å². The van der Waals surface area contributed by atoms with Gasteiger partial charge in [-0.1, -0.05) is 33.8 Å². The molecule has 0 aromatic rings. The fourth-order valence-corrected chi connectivity index (χ4v) is 3.27. The van der Waals surface area contributed by atoms with Gasteiger partial charge < -0.3 is 14.1 Å². The lowest BCUT2D eigenvalue weighted by molar-refractivity contribution is -0.130. The second-order valence-electron chi connectivity index (χ2n) is 8.03. The molecule has 1 aliphatic rings. The summed E-state index contributed by atoms with van der Waals surface area (Å²) in [4.78, 5) is 13.9. The van der Waals surface area contributed by atoms with Crippen LogP contribution in [0, 0.1) is 5.92 Å². The summed E-state index contributed by atoms with van der Waals surface area (Å²) in [5.41, 5.74) is 0. The average Bonchev–Trinajstić information content (AvgIpc) is 2.49.